The van der Waals surface area contributed by atoms with Crippen molar-refractivity contribution >= 4 is 34.6 Å². The van der Waals surface area contributed by atoms with Crippen molar-refractivity contribution in [3.05, 3.63) is 70.8 Å². The first-order chi connectivity index (χ1) is 15.5. The third-order valence-electron chi connectivity index (χ3n) is 4.58. The molecule has 3 aromatic rings. The van der Waals surface area contributed by atoms with Crippen molar-refractivity contribution in [2.75, 3.05) is 25.1 Å². The van der Waals surface area contributed by atoms with Crippen LogP contribution in [0.1, 0.15) is 25.0 Å². The molecule has 2 aromatic carbocycles. The van der Waals surface area contributed by atoms with Crippen molar-refractivity contribution < 1.29 is 13.9 Å². The number of ether oxygens (including phenoxy) is 2. The van der Waals surface area contributed by atoms with Crippen LogP contribution in [0.15, 0.2) is 48.8 Å². The molecule has 0 bridgehead atoms. The first-order valence-corrected chi connectivity index (χ1v) is 11.2. The molecule has 1 aromatic heterocycles. The second-order valence-electron chi connectivity index (χ2n) is 6.90. The van der Waals surface area contributed by atoms with E-state index in [1.165, 1.54) is 6.07 Å². The molecule has 0 unspecified atom stereocenters. The van der Waals surface area contributed by atoms with Crippen LogP contribution in [0.25, 0.3) is 0 Å². The van der Waals surface area contributed by atoms with Crippen LogP contribution in [-0.2, 0) is 13.0 Å². The SMILES string of the molecule is CCOc1ccc(CCNC(=S)Nc2cnn(Cc3c(F)cccc3Cl)c2)cc1OCC. The third-order valence-corrected chi connectivity index (χ3v) is 5.18. The minimum atomic E-state index is -0.360. The molecule has 0 saturated carbocycles. The normalized spacial score (nSPS) is 10.6. The fourth-order valence-corrected chi connectivity index (χ4v) is 3.55. The fraction of sp³-hybridized carbons (Fsp3) is 0.304. The molecule has 0 aliphatic carbocycles. The van der Waals surface area contributed by atoms with Crippen LogP contribution in [-0.4, -0.2) is 34.7 Å². The zero-order valence-corrected chi connectivity index (χ0v) is 19.6. The highest BCUT2D eigenvalue weighted by molar-refractivity contribution is 7.80. The molecule has 1 heterocycles. The van der Waals surface area contributed by atoms with Gasteiger partial charge in [0.15, 0.2) is 16.6 Å². The van der Waals surface area contributed by atoms with Gasteiger partial charge in [-0.25, -0.2) is 4.39 Å². The quantitative estimate of drug-likeness (QED) is 0.399. The molecule has 0 spiro atoms. The number of thiocarbonyl (C=S) groups is 1. The van der Waals surface area contributed by atoms with Crippen molar-refractivity contribution in [2.45, 2.75) is 26.8 Å². The minimum absolute atomic E-state index is 0.229. The lowest BCUT2D eigenvalue weighted by molar-refractivity contribution is 0.287. The Kier molecular flexibility index (Phi) is 8.70. The predicted octanol–water partition coefficient (Wildman–Crippen LogP) is 5.05. The van der Waals surface area contributed by atoms with E-state index in [0.29, 0.717) is 41.1 Å². The monoisotopic (exact) mass is 476 g/mol. The van der Waals surface area contributed by atoms with E-state index in [9.17, 15) is 4.39 Å². The molecule has 0 fully saturated rings. The zero-order chi connectivity index (χ0) is 22.9. The van der Waals surface area contributed by atoms with E-state index in [4.69, 9.17) is 33.3 Å². The van der Waals surface area contributed by atoms with Gasteiger partial charge in [-0.05, 0) is 62.3 Å². The first-order valence-electron chi connectivity index (χ1n) is 10.4. The average molecular weight is 477 g/mol. The Balaban J connectivity index is 1.50. The number of rotatable bonds is 10. The third kappa shape index (κ3) is 6.58. The van der Waals surface area contributed by atoms with Gasteiger partial charge in [0.25, 0.3) is 0 Å². The number of benzene rings is 2. The van der Waals surface area contributed by atoms with Crippen LogP contribution < -0.4 is 20.1 Å². The largest absolute Gasteiger partial charge is 0.490 e. The molecule has 170 valence electrons. The Bertz CT molecular complexity index is 1040. The van der Waals surface area contributed by atoms with E-state index in [2.05, 4.69) is 15.7 Å². The topological polar surface area (TPSA) is 60.3 Å². The van der Waals surface area contributed by atoms with Gasteiger partial charge in [-0.1, -0.05) is 23.7 Å². The maximum absolute atomic E-state index is 14.0. The van der Waals surface area contributed by atoms with Crippen LogP contribution in [0.5, 0.6) is 11.5 Å². The maximum atomic E-state index is 14.0. The summed E-state index contributed by atoms with van der Waals surface area (Å²) < 4.78 is 26.8. The highest BCUT2D eigenvalue weighted by Gasteiger charge is 2.10. The number of hydrogen-bond acceptors (Lipinski definition) is 4. The summed E-state index contributed by atoms with van der Waals surface area (Å²) in [6.45, 7) is 5.93. The van der Waals surface area contributed by atoms with E-state index < -0.39 is 0 Å². The van der Waals surface area contributed by atoms with Gasteiger partial charge in [-0.3, -0.25) is 4.68 Å². The molecular weight excluding hydrogens is 451 g/mol. The van der Waals surface area contributed by atoms with Gasteiger partial charge in [-0.15, -0.1) is 0 Å². The van der Waals surface area contributed by atoms with Crippen LogP contribution in [0.4, 0.5) is 10.1 Å². The summed E-state index contributed by atoms with van der Waals surface area (Å²) in [6, 6.07) is 10.5. The summed E-state index contributed by atoms with van der Waals surface area (Å²) >= 11 is 11.5. The summed E-state index contributed by atoms with van der Waals surface area (Å²) in [7, 11) is 0. The predicted molar refractivity (Wildman–Crippen MR) is 129 cm³/mol. The highest BCUT2D eigenvalue weighted by atomic mass is 35.5. The second kappa shape index (κ2) is 11.7. The number of nitrogens with one attached hydrogen (secondary N) is 2. The molecule has 0 aliphatic rings. The summed E-state index contributed by atoms with van der Waals surface area (Å²) in [5, 5.41) is 11.4. The van der Waals surface area contributed by atoms with Gasteiger partial charge in [0.1, 0.15) is 5.82 Å². The molecule has 0 aliphatic heterocycles. The molecule has 0 atom stereocenters. The maximum Gasteiger partial charge on any atom is 0.170 e. The number of nitrogens with zero attached hydrogens (tertiary/aromatic N) is 2. The van der Waals surface area contributed by atoms with Crippen molar-refractivity contribution in [3.63, 3.8) is 0 Å². The van der Waals surface area contributed by atoms with E-state index in [1.807, 2.05) is 32.0 Å². The lowest BCUT2D eigenvalue weighted by Crippen LogP contribution is -2.30. The lowest BCUT2D eigenvalue weighted by Gasteiger charge is -2.13. The van der Waals surface area contributed by atoms with E-state index in [-0.39, 0.29) is 12.4 Å². The number of aromatic nitrogens is 2. The molecule has 0 amide bonds. The van der Waals surface area contributed by atoms with Crippen LogP contribution in [0.3, 0.4) is 0 Å². The second-order valence-corrected chi connectivity index (χ2v) is 7.72. The summed E-state index contributed by atoms with van der Waals surface area (Å²) in [4.78, 5) is 0. The summed E-state index contributed by atoms with van der Waals surface area (Å²) in [5.74, 6) is 1.13. The van der Waals surface area contributed by atoms with Gasteiger partial charge < -0.3 is 20.1 Å². The smallest absolute Gasteiger partial charge is 0.170 e. The van der Waals surface area contributed by atoms with E-state index in [1.54, 1.807) is 29.2 Å². The standard InChI is InChI=1S/C23H26ClFN4O2S/c1-3-30-21-9-8-16(12-22(21)31-4-2)10-11-26-23(32)28-17-13-27-29(14-17)15-18-19(24)6-5-7-20(18)25/h5-9,12-14H,3-4,10-11,15H2,1-2H3,(H2,26,28,32). The Labute approximate surface area is 197 Å². The van der Waals surface area contributed by atoms with Crippen LogP contribution in [0, 0.1) is 5.82 Å². The fourth-order valence-electron chi connectivity index (χ4n) is 3.11. The van der Waals surface area contributed by atoms with Crippen molar-refractivity contribution in [1.29, 1.82) is 0 Å². The number of hydrogen-bond donors (Lipinski definition) is 2. The van der Waals surface area contributed by atoms with Crippen LogP contribution >= 0.6 is 23.8 Å². The zero-order valence-electron chi connectivity index (χ0n) is 18.0. The van der Waals surface area contributed by atoms with Crippen molar-refractivity contribution in [3.8, 4) is 11.5 Å². The molecule has 2 N–H and O–H groups in total. The van der Waals surface area contributed by atoms with Gasteiger partial charge in [0, 0.05) is 23.3 Å². The van der Waals surface area contributed by atoms with E-state index in [0.717, 1.165) is 23.5 Å². The van der Waals surface area contributed by atoms with Crippen LogP contribution in [0.2, 0.25) is 5.02 Å². The molecule has 3 rings (SSSR count). The Morgan fingerprint density at radius 1 is 1.16 bits per heavy atom. The molecule has 6 nitrogen and oxygen atoms in total. The highest BCUT2D eigenvalue weighted by Crippen LogP contribution is 2.28. The Morgan fingerprint density at radius 3 is 2.69 bits per heavy atom. The van der Waals surface area contributed by atoms with Gasteiger partial charge in [-0.2, -0.15) is 5.10 Å². The van der Waals surface area contributed by atoms with E-state index >= 15 is 0 Å². The Morgan fingerprint density at radius 2 is 1.94 bits per heavy atom. The summed E-state index contributed by atoms with van der Waals surface area (Å²) in [6.07, 6.45) is 4.14. The first kappa shape index (κ1) is 23.8. The van der Waals surface area contributed by atoms with Crippen molar-refractivity contribution in [2.24, 2.45) is 0 Å². The van der Waals surface area contributed by atoms with Gasteiger partial charge >= 0.3 is 0 Å². The average Bonchev–Trinajstić information content (AvgIpc) is 3.20. The van der Waals surface area contributed by atoms with Crippen molar-refractivity contribution in [1.82, 2.24) is 15.1 Å². The van der Waals surface area contributed by atoms with Gasteiger partial charge in [0.05, 0.1) is 31.6 Å². The number of anilines is 1. The number of halogens is 2. The molecular formula is C23H26ClFN4O2S. The molecule has 32 heavy (non-hydrogen) atoms. The lowest BCUT2D eigenvalue weighted by atomic mass is 10.1. The molecule has 0 radical (unpaired) electrons. The molecule has 9 heteroatoms. The Hall–Kier alpha value is -2.84. The molecule has 0 saturated heterocycles. The van der Waals surface area contributed by atoms with Gasteiger partial charge in [0.2, 0.25) is 0 Å². The summed E-state index contributed by atoms with van der Waals surface area (Å²) in [5.41, 5.74) is 2.21. The minimum Gasteiger partial charge on any atom is -0.490 e.